The number of halogens is 1. The topological polar surface area (TPSA) is 40.7 Å². The summed E-state index contributed by atoms with van der Waals surface area (Å²) in [7, 11) is 0. The minimum Gasteiger partial charge on any atom is -0.368 e. The third kappa shape index (κ3) is 2.77. The molecule has 3 nitrogen and oxygen atoms in total. The Bertz CT molecular complexity index is 461. The lowest BCUT2D eigenvalue weighted by Gasteiger charge is -2.04. The maximum atomic E-state index is 5.89. The lowest BCUT2D eigenvalue weighted by Crippen LogP contribution is -2.07. The Morgan fingerprint density at radius 2 is 2.31 bits per heavy atom. The van der Waals surface area contributed by atoms with Gasteiger partial charge in [-0.25, -0.2) is 0 Å². The second-order valence-electron chi connectivity index (χ2n) is 4.05. The highest BCUT2D eigenvalue weighted by Gasteiger charge is 2.06. The predicted octanol–water partition coefficient (Wildman–Crippen LogP) is 3.86. The van der Waals surface area contributed by atoms with Crippen LogP contribution in [0.4, 0.5) is 5.82 Å². The van der Waals surface area contributed by atoms with Crippen LogP contribution in [0.15, 0.2) is 18.2 Å². The highest BCUT2D eigenvalue weighted by Crippen LogP contribution is 2.30. The number of hydrogen-bond acceptors (Lipinski definition) is 3. The molecule has 0 fully saturated rings. The molecule has 86 valence electrons. The highest BCUT2D eigenvalue weighted by atomic mass is 35.5. The van der Waals surface area contributed by atoms with Crippen molar-refractivity contribution in [3.63, 3.8) is 0 Å². The molecule has 0 aliphatic carbocycles. The standard InChI is InChI=1S/C11H14ClN3S/c1-7(2)6-13-11-5-8(14-15-11)9-3-4-10(12)16-9/h3-5,7H,6H2,1-2H3,(H2,13,14,15). The monoisotopic (exact) mass is 255 g/mol. The number of nitrogens with one attached hydrogen (secondary N) is 2. The first kappa shape index (κ1) is 11.5. The summed E-state index contributed by atoms with van der Waals surface area (Å²) in [6.45, 7) is 5.26. The van der Waals surface area contributed by atoms with Crippen LogP contribution in [0.1, 0.15) is 13.8 Å². The van der Waals surface area contributed by atoms with Crippen LogP contribution < -0.4 is 5.32 Å². The first-order valence-electron chi connectivity index (χ1n) is 5.20. The zero-order valence-corrected chi connectivity index (χ0v) is 10.8. The SMILES string of the molecule is CC(C)CNc1cc(-c2ccc(Cl)s2)[nH]n1. The molecule has 2 aromatic heterocycles. The quantitative estimate of drug-likeness (QED) is 0.871. The van der Waals surface area contributed by atoms with E-state index in [2.05, 4.69) is 29.4 Å². The van der Waals surface area contributed by atoms with Crippen molar-refractivity contribution >= 4 is 28.8 Å². The molecule has 0 amide bonds. The molecule has 16 heavy (non-hydrogen) atoms. The van der Waals surface area contributed by atoms with Gasteiger partial charge in [-0.15, -0.1) is 11.3 Å². The minimum atomic E-state index is 0.608. The smallest absolute Gasteiger partial charge is 0.148 e. The Balaban J connectivity index is 2.07. The van der Waals surface area contributed by atoms with Crippen LogP contribution in [0, 0.1) is 5.92 Å². The van der Waals surface area contributed by atoms with Crippen LogP contribution in [0.3, 0.4) is 0 Å². The second kappa shape index (κ2) is 4.89. The Hall–Kier alpha value is -1.00. The molecular weight excluding hydrogens is 242 g/mol. The highest BCUT2D eigenvalue weighted by molar-refractivity contribution is 7.19. The van der Waals surface area contributed by atoms with E-state index in [4.69, 9.17) is 11.6 Å². The summed E-state index contributed by atoms with van der Waals surface area (Å²) in [6.07, 6.45) is 0. The van der Waals surface area contributed by atoms with Crippen molar-refractivity contribution in [1.82, 2.24) is 10.2 Å². The van der Waals surface area contributed by atoms with Gasteiger partial charge in [0.25, 0.3) is 0 Å². The van der Waals surface area contributed by atoms with Crippen molar-refractivity contribution in [3.8, 4) is 10.6 Å². The van der Waals surface area contributed by atoms with E-state index in [1.54, 1.807) is 11.3 Å². The Morgan fingerprint density at radius 1 is 1.50 bits per heavy atom. The molecule has 0 spiro atoms. The van der Waals surface area contributed by atoms with Gasteiger partial charge < -0.3 is 5.32 Å². The summed E-state index contributed by atoms with van der Waals surface area (Å²) in [4.78, 5) is 1.11. The Morgan fingerprint density at radius 3 is 2.94 bits per heavy atom. The summed E-state index contributed by atoms with van der Waals surface area (Å²) in [5.74, 6) is 1.49. The lowest BCUT2D eigenvalue weighted by molar-refractivity contribution is 0.687. The minimum absolute atomic E-state index is 0.608. The van der Waals surface area contributed by atoms with Crippen molar-refractivity contribution in [2.75, 3.05) is 11.9 Å². The van der Waals surface area contributed by atoms with Crippen LogP contribution >= 0.6 is 22.9 Å². The van der Waals surface area contributed by atoms with Crippen LogP contribution in [-0.2, 0) is 0 Å². The third-order valence-electron chi connectivity index (χ3n) is 2.11. The Kier molecular flexibility index (Phi) is 3.51. The largest absolute Gasteiger partial charge is 0.368 e. The molecule has 0 saturated carbocycles. The first-order chi connectivity index (χ1) is 7.65. The van der Waals surface area contributed by atoms with Gasteiger partial charge in [0.05, 0.1) is 14.9 Å². The maximum Gasteiger partial charge on any atom is 0.148 e. The van der Waals surface area contributed by atoms with Gasteiger partial charge in [-0.1, -0.05) is 25.4 Å². The van der Waals surface area contributed by atoms with E-state index in [9.17, 15) is 0 Å². The summed E-state index contributed by atoms with van der Waals surface area (Å²) in [5, 5.41) is 10.5. The van der Waals surface area contributed by atoms with E-state index >= 15 is 0 Å². The van der Waals surface area contributed by atoms with Gasteiger partial charge in [-0.3, -0.25) is 5.10 Å². The second-order valence-corrected chi connectivity index (χ2v) is 5.76. The molecule has 0 saturated heterocycles. The molecule has 0 aliphatic rings. The average Bonchev–Trinajstić information content (AvgIpc) is 2.83. The van der Waals surface area contributed by atoms with Crippen molar-refractivity contribution in [1.29, 1.82) is 0 Å². The van der Waals surface area contributed by atoms with Crippen molar-refractivity contribution in [2.24, 2.45) is 5.92 Å². The summed E-state index contributed by atoms with van der Waals surface area (Å²) < 4.78 is 0.793. The van der Waals surface area contributed by atoms with Gasteiger partial charge in [0.2, 0.25) is 0 Å². The lowest BCUT2D eigenvalue weighted by atomic mass is 10.2. The zero-order valence-electron chi connectivity index (χ0n) is 9.25. The van der Waals surface area contributed by atoms with E-state index in [-0.39, 0.29) is 0 Å². The number of thiophene rings is 1. The molecule has 2 aromatic rings. The predicted molar refractivity (Wildman–Crippen MR) is 70.2 cm³/mol. The molecule has 2 N–H and O–H groups in total. The van der Waals surface area contributed by atoms with Gasteiger partial charge >= 0.3 is 0 Å². The van der Waals surface area contributed by atoms with E-state index < -0.39 is 0 Å². The zero-order chi connectivity index (χ0) is 11.5. The molecule has 2 heterocycles. The number of nitrogens with zero attached hydrogens (tertiary/aromatic N) is 1. The van der Waals surface area contributed by atoms with E-state index in [1.807, 2.05) is 18.2 Å². The fourth-order valence-electron chi connectivity index (χ4n) is 1.31. The van der Waals surface area contributed by atoms with Crippen molar-refractivity contribution in [3.05, 3.63) is 22.5 Å². The maximum absolute atomic E-state index is 5.89. The molecule has 0 radical (unpaired) electrons. The molecule has 2 rings (SSSR count). The molecule has 0 unspecified atom stereocenters. The van der Waals surface area contributed by atoms with Crippen molar-refractivity contribution < 1.29 is 0 Å². The molecule has 0 atom stereocenters. The number of aromatic amines is 1. The number of rotatable bonds is 4. The van der Waals surface area contributed by atoms with Gasteiger partial charge in [-0.2, -0.15) is 5.10 Å². The molecule has 0 aromatic carbocycles. The number of H-pyrrole nitrogens is 1. The van der Waals surface area contributed by atoms with E-state index in [1.165, 1.54) is 0 Å². The average molecular weight is 256 g/mol. The van der Waals surface area contributed by atoms with E-state index in [0.29, 0.717) is 5.92 Å². The van der Waals surface area contributed by atoms with Crippen LogP contribution in [0.2, 0.25) is 4.34 Å². The molecule has 0 bridgehead atoms. The van der Waals surface area contributed by atoms with Gasteiger partial charge in [0.1, 0.15) is 5.82 Å². The third-order valence-corrected chi connectivity index (χ3v) is 3.37. The molecule has 5 heteroatoms. The van der Waals surface area contributed by atoms with Gasteiger partial charge in [0, 0.05) is 12.6 Å². The summed E-state index contributed by atoms with van der Waals surface area (Å²) in [6, 6.07) is 5.89. The fourth-order valence-corrected chi connectivity index (χ4v) is 2.32. The van der Waals surface area contributed by atoms with Crippen LogP contribution in [0.25, 0.3) is 10.6 Å². The molecular formula is C11H14ClN3S. The van der Waals surface area contributed by atoms with Gasteiger partial charge in [-0.05, 0) is 18.1 Å². The van der Waals surface area contributed by atoms with Crippen molar-refractivity contribution in [2.45, 2.75) is 13.8 Å². The number of hydrogen-bond donors (Lipinski definition) is 2. The van der Waals surface area contributed by atoms with Gasteiger partial charge in [0.15, 0.2) is 0 Å². The first-order valence-corrected chi connectivity index (χ1v) is 6.39. The summed E-state index contributed by atoms with van der Waals surface area (Å²) in [5.41, 5.74) is 1.00. The van der Waals surface area contributed by atoms with Crippen LogP contribution in [-0.4, -0.2) is 16.7 Å². The normalized spacial score (nSPS) is 11.0. The van der Waals surface area contributed by atoms with E-state index in [0.717, 1.165) is 27.3 Å². The number of anilines is 1. The van der Waals surface area contributed by atoms with Crippen LogP contribution in [0.5, 0.6) is 0 Å². The number of aromatic nitrogens is 2. The summed E-state index contributed by atoms with van der Waals surface area (Å²) >= 11 is 7.43. The Labute approximate surface area is 104 Å². The molecule has 0 aliphatic heterocycles. The fraction of sp³-hybridized carbons (Fsp3) is 0.364.